The Labute approximate surface area is 49.9 Å². The van der Waals surface area contributed by atoms with Crippen molar-refractivity contribution in [2.24, 2.45) is 0 Å². The van der Waals surface area contributed by atoms with Gasteiger partial charge in [0.25, 0.3) is 0 Å². The Hall–Kier alpha value is -1.03. The smallest absolute Gasteiger partial charge is 0.0944 e. The Kier molecular flexibility index (Phi) is 3.60. The second-order valence-electron chi connectivity index (χ2n) is 1.49. The van der Waals surface area contributed by atoms with E-state index in [0.717, 1.165) is 0 Å². The number of hydrogen-bond acceptors (Lipinski definition) is 1. The van der Waals surface area contributed by atoms with Crippen LogP contribution in [0.4, 0.5) is 0 Å². The molecular weight excluding hydrogens is 98.1 g/mol. The van der Waals surface area contributed by atoms with Crippen LogP contribution < -0.4 is 0 Å². The highest BCUT2D eigenvalue weighted by atomic mass is 14.2. The van der Waals surface area contributed by atoms with Gasteiger partial charge in [-0.1, -0.05) is 18.7 Å². The Balaban J connectivity index is 3.44. The van der Waals surface area contributed by atoms with Gasteiger partial charge in [0.1, 0.15) is 0 Å². The topological polar surface area (TPSA) is 23.8 Å². The second-order valence-corrected chi connectivity index (χ2v) is 1.49. The number of nitrogens with zero attached hydrogens (tertiary/aromatic N) is 1. The lowest BCUT2D eigenvalue weighted by Gasteiger charge is -1.81. The summed E-state index contributed by atoms with van der Waals surface area (Å²) in [5.74, 6) is 0. The maximum absolute atomic E-state index is 8.18. The maximum atomic E-state index is 8.18. The fraction of sp³-hybridized carbons (Fsp3) is 0.286. The average molecular weight is 107 g/mol. The van der Waals surface area contributed by atoms with Crippen molar-refractivity contribution < 1.29 is 0 Å². The van der Waals surface area contributed by atoms with Crippen molar-refractivity contribution in [2.45, 2.75) is 13.3 Å². The Bertz CT molecular complexity index is 137. The number of rotatable bonds is 2. The van der Waals surface area contributed by atoms with E-state index in [4.69, 9.17) is 5.26 Å². The molecule has 0 unspecified atom stereocenters. The Morgan fingerprint density at radius 3 is 2.88 bits per heavy atom. The lowest BCUT2D eigenvalue weighted by atomic mass is 10.2. The van der Waals surface area contributed by atoms with Gasteiger partial charge in [-0.3, -0.25) is 0 Å². The van der Waals surface area contributed by atoms with E-state index in [1.54, 1.807) is 0 Å². The molecule has 0 N–H and O–H groups in total. The van der Waals surface area contributed by atoms with E-state index in [1.165, 1.54) is 0 Å². The molecule has 0 aliphatic rings. The molecule has 8 heavy (non-hydrogen) atoms. The normalized spacial score (nSPS) is 9.00. The van der Waals surface area contributed by atoms with Gasteiger partial charge in [0.2, 0.25) is 0 Å². The van der Waals surface area contributed by atoms with Crippen molar-refractivity contribution in [3.63, 3.8) is 0 Å². The van der Waals surface area contributed by atoms with Crippen LogP contribution >= 0.6 is 0 Å². The molecule has 0 aromatic carbocycles. The molecule has 0 aromatic rings. The summed E-state index contributed by atoms with van der Waals surface area (Å²) < 4.78 is 0. The number of hydrogen-bond donors (Lipinski definition) is 0. The van der Waals surface area contributed by atoms with Gasteiger partial charge in [0.15, 0.2) is 0 Å². The molecule has 0 aliphatic heterocycles. The molecule has 0 bridgehead atoms. The first-order valence-electron chi connectivity index (χ1n) is 2.50. The molecule has 0 amide bonds. The fourth-order valence-corrected chi connectivity index (χ4v) is 0.306. The molecule has 0 aromatic heterocycles. The van der Waals surface area contributed by atoms with E-state index in [-0.39, 0.29) is 0 Å². The van der Waals surface area contributed by atoms with E-state index in [1.807, 2.05) is 25.1 Å². The van der Waals surface area contributed by atoms with Crippen LogP contribution in [-0.2, 0) is 0 Å². The zero-order chi connectivity index (χ0) is 6.41. The van der Waals surface area contributed by atoms with Crippen molar-refractivity contribution in [2.75, 3.05) is 0 Å². The summed E-state index contributed by atoms with van der Waals surface area (Å²) in [6.07, 6.45) is 4.50. The second kappa shape index (κ2) is 4.14. The molecule has 42 valence electrons. The lowest BCUT2D eigenvalue weighted by molar-refractivity contribution is 1.29. The average Bonchev–Trinajstić information content (AvgIpc) is 1.83. The monoisotopic (exact) mass is 107 g/mol. The van der Waals surface area contributed by atoms with Gasteiger partial charge in [-0.05, 0) is 13.3 Å². The highest BCUT2D eigenvalue weighted by Crippen LogP contribution is 1.94. The molecule has 0 aliphatic carbocycles. The zero-order valence-electron chi connectivity index (χ0n) is 5.02. The van der Waals surface area contributed by atoms with Crippen LogP contribution in [0.5, 0.6) is 0 Å². The summed E-state index contributed by atoms with van der Waals surface area (Å²) in [6.45, 7) is 5.42. The molecule has 0 spiro atoms. The number of allylic oxidation sites excluding steroid dienone is 3. The first kappa shape index (κ1) is 6.97. The minimum absolute atomic E-state index is 0.614. The molecular formula is C7H9N. The summed E-state index contributed by atoms with van der Waals surface area (Å²) in [7, 11) is 0. The fourth-order valence-electron chi connectivity index (χ4n) is 0.306. The minimum Gasteiger partial charge on any atom is -0.193 e. The largest absolute Gasteiger partial charge is 0.193 e. The molecule has 0 atom stereocenters. The molecule has 0 saturated carbocycles. The summed E-state index contributed by atoms with van der Waals surface area (Å²) >= 11 is 0. The van der Waals surface area contributed by atoms with Gasteiger partial charge in [-0.25, -0.2) is 0 Å². The van der Waals surface area contributed by atoms with Gasteiger partial charge >= 0.3 is 0 Å². The van der Waals surface area contributed by atoms with Crippen LogP contribution in [0.1, 0.15) is 13.3 Å². The highest BCUT2D eigenvalue weighted by molar-refractivity contribution is 5.18. The molecule has 0 rings (SSSR count). The van der Waals surface area contributed by atoms with Gasteiger partial charge in [-0.15, -0.1) is 0 Å². The third kappa shape index (κ3) is 3.17. The summed E-state index contributed by atoms with van der Waals surface area (Å²) in [6, 6.07) is 1.95. The van der Waals surface area contributed by atoms with Crippen molar-refractivity contribution in [3.8, 4) is 6.07 Å². The van der Waals surface area contributed by atoms with Crippen LogP contribution in [0.3, 0.4) is 0 Å². The van der Waals surface area contributed by atoms with Gasteiger partial charge in [0.05, 0.1) is 6.07 Å². The third-order valence-electron chi connectivity index (χ3n) is 0.758. The SMILES string of the molecule is C=C(C#N)C/C=C/C. The molecule has 0 heterocycles. The molecule has 1 nitrogen and oxygen atoms in total. The van der Waals surface area contributed by atoms with Crippen LogP contribution in [0.2, 0.25) is 0 Å². The van der Waals surface area contributed by atoms with Crippen LogP contribution in [0, 0.1) is 11.3 Å². The Morgan fingerprint density at radius 1 is 1.88 bits per heavy atom. The van der Waals surface area contributed by atoms with Crippen LogP contribution in [0.15, 0.2) is 24.3 Å². The minimum atomic E-state index is 0.614. The van der Waals surface area contributed by atoms with Gasteiger partial charge in [-0.2, -0.15) is 5.26 Å². The van der Waals surface area contributed by atoms with Gasteiger partial charge < -0.3 is 0 Å². The molecule has 0 fully saturated rings. The molecule has 1 heteroatoms. The third-order valence-corrected chi connectivity index (χ3v) is 0.758. The predicted molar refractivity (Wildman–Crippen MR) is 34.2 cm³/mol. The first-order valence-corrected chi connectivity index (χ1v) is 2.50. The number of nitriles is 1. The summed E-state index contributed by atoms with van der Waals surface area (Å²) in [5.41, 5.74) is 0.614. The quantitative estimate of drug-likeness (QED) is 0.391. The van der Waals surface area contributed by atoms with Crippen molar-refractivity contribution in [3.05, 3.63) is 24.3 Å². The summed E-state index contributed by atoms with van der Waals surface area (Å²) in [5, 5.41) is 8.18. The van der Waals surface area contributed by atoms with Crippen molar-refractivity contribution in [1.29, 1.82) is 5.26 Å². The van der Waals surface area contributed by atoms with E-state index in [2.05, 4.69) is 6.58 Å². The first-order chi connectivity index (χ1) is 3.81. The predicted octanol–water partition coefficient (Wildman–Crippen LogP) is 2.03. The van der Waals surface area contributed by atoms with E-state index < -0.39 is 0 Å². The maximum Gasteiger partial charge on any atom is 0.0944 e. The van der Waals surface area contributed by atoms with Gasteiger partial charge in [0, 0.05) is 5.57 Å². The Morgan fingerprint density at radius 2 is 2.50 bits per heavy atom. The molecule has 0 saturated heterocycles. The van der Waals surface area contributed by atoms with Crippen molar-refractivity contribution >= 4 is 0 Å². The standard InChI is InChI=1S/C7H9N/c1-3-4-5-7(2)6-8/h3-4H,2,5H2,1H3/b4-3+. The highest BCUT2D eigenvalue weighted by Gasteiger charge is 1.81. The molecule has 0 radical (unpaired) electrons. The van der Waals surface area contributed by atoms with E-state index in [9.17, 15) is 0 Å². The van der Waals surface area contributed by atoms with E-state index in [0.29, 0.717) is 12.0 Å². The van der Waals surface area contributed by atoms with Crippen LogP contribution in [-0.4, -0.2) is 0 Å². The summed E-state index contributed by atoms with van der Waals surface area (Å²) in [4.78, 5) is 0. The van der Waals surface area contributed by atoms with Crippen LogP contribution in [0.25, 0.3) is 0 Å². The zero-order valence-corrected chi connectivity index (χ0v) is 5.02. The lowest BCUT2D eigenvalue weighted by Crippen LogP contribution is -1.68. The van der Waals surface area contributed by atoms with E-state index >= 15 is 0 Å². The van der Waals surface area contributed by atoms with Crippen molar-refractivity contribution in [1.82, 2.24) is 0 Å².